The van der Waals surface area contributed by atoms with Gasteiger partial charge >= 0.3 is 0 Å². The van der Waals surface area contributed by atoms with Crippen LogP contribution in [0.3, 0.4) is 0 Å². The molecule has 0 unspecified atom stereocenters. The zero-order chi connectivity index (χ0) is 21.2. The highest BCUT2D eigenvalue weighted by atomic mass is 32.2. The summed E-state index contributed by atoms with van der Waals surface area (Å²) in [5.41, 5.74) is 2.07. The Bertz CT molecular complexity index is 930. The lowest BCUT2D eigenvalue weighted by molar-refractivity contribution is -0.113. The predicted octanol–water partition coefficient (Wildman–Crippen LogP) is 2.63. The number of aromatic nitrogens is 5. The first-order chi connectivity index (χ1) is 13.7. The van der Waals surface area contributed by atoms with Crippen molar-refractivity contribution in [1.29, 1.82) is 5.26 Å². The first-order valence-electron chi connectivity index (χ1n) is 9.65. The number of amides is 1. The predicted molar refractivity (Wildman–Crippen MR) is 110 cm³/mol. The number of anilines is 1. The molecule has 156 valence electrons. The van der Waals surface area contributed by atoms with Gasteiger partial charge in [0.15, 0.2) is 0 Å². The van der Waals surface area contributed by atoms with Crippen LogP contribution in [0.1, 0.15) is 50.4 Å². The average molecular weight is 418 g/mol. The summed E-state index contributed by atoms with van der Waals surface area (Å²) in [6.07, 6.45) is 2.13. The maximum atomic E-state index is 12.7. The van der Waals surface area contributed by atoms with E-state index in [2.05, 4.69) is 26.9 Å². The Morgan fingerprint density at radius 3 is 2.79 bits per heavy atom. The summed E-state index contributed by atoms with van der Waals surface area (Å²) < 4.78 is 9.44. The lowest BCUT2D eigenvalue weighted by atomic mass is 10.1. The molecule has 9 nitrogen and oxygen atoms in total. The molecule has 0 aliphatic carbocycles. The Hall–Kier alpha value is -2.38. The van der Waals surface area contributed by atoms with Crippen molar-refractivity contribution in [2.75, 3.05) is 17.7 Å². The van der Waals surface area contributed by atoms with E-state index in [0.29, 0.717) is 23.1 Å². The molecule has 1 aliphatic heterocycles. The molecule has 1 aliphatic rings. The first-order valence-corrected chi connectivity index (χ1v) is 10.6. The second kappa shape index (κ2) is 8.55. The molecule has 1 saturated heterocycles. The minimum absolute atomic E-state index is 0.105. The monoisotopic (exact) mass is 417 g/mol. The molecule has 0 radical (unpaired) electrons. The lowest BCUT2D eigenvalue weighted by Gasteiger charge is -2.19. The van der Waals surface area contributed by atoms with Crippen LogP contribution >= 0.6 is 11.8 Å². The van der Waals surface area contributed by atoms with Gasteiger partial charge in [0.1, 0.15) is 11.9 Å². The van der Waals surface area contributed by atoms with Crippen molar-refractivity contribution in [2.24, 2.45) is 0 Å². The maximum absolute atomic E-state index is 12.7. The normalized spacial score (nSPS) is 16.8. The summed E-state index contributed by atoms with van der Waals surface area (Å²) in [6.45, 7) is 11.2. The van der Waals surface area contributed by atoms with Crippen molar-refractivity contribution in [1.82, 2.24) is 24.8 Å². The van der Waals surface area contributed by atoms with Crippen molar-refractivity contribution >= 4 is 23.5 Å². The first kappa shape index (κ1) is 21.3. The van der Waals surface area contributed by atoms with E-state index in [1.807, 2.05) is 39.2 Å². The summed E-state index contributed by atoms with van der Waals surface area (Å²) in [5.74, 6) is 0.477. The number of hydrogen-bond acceptors (Lipinski definition) is 7. The number of nitrogens with zero attached hydrogens (tertiary/aromatic N) is 6. The van der Waals surface area contributed by atoms with Gasteiger partial charge in [-0.2, -0.15) is 5.26 Å². The minimum atomic E-state index is -0.277. The number of hydrogen-bond donors (Lipinski definition) is 1. The van der Waals surface area contributed by atoms with Crippen molar-refractivity contribution in [3.8, 4) is 6.07 Å². The number of carbonyl (C=O) groups excluding carboxylic acids is 1. The Morgan fingerprint density at radius 1 is 1.41 bits per heavy atom. The van der Waals surface area contributed by atoms with Gasteiger partial charge in [-0.05, 0) is 63.5 Å². The standard InChI is InChI=1S/C19H27N7O2S/c1-12-13(2)25(10-14-7-6-8-28-14)17(15(12)9-20)21-16(27)11-29-18-22-23-24-26(18)19(3,4)5/h14H,6-8,10-11H2,1-5H3,(H,21,27)/t14-/m0/s1. The summed E-state index contributed by atoms with van der Waals surface area (Å²) >= 11 is 1.27. The molecule has 29 heavy (non-hydrogen) atoms. The Morgan fingerprint density at radius 2 is 2.17 bits per heavy atom. The fourth-order valence-corrected chi connectivity index (χ4v) is 4.20. The third-order valence-corrected chi connectivity index (χ3v) is 5.94. The van der Waals surface area contributed by atoms with Crippen molar-refractivity contribution < 1.29 is 9.53 Å². The Kier molecular flexibility index (Phi) is 6.29. The average Bonchev–Trinajstić information content (AvgIpc) is 3.38. The molecule has 2 aromatic rings. The van der Waals surface area contributed by atoms with Gasteiger partial charge in [0.25, 0.3) is 0 Å². The van der Waals surface area contributed by atoms with Gasteiger partial charge in [-0.3, -0.25) is 4.79 Å². The van der Waals surface area contributed by atoms with Gasteiger partial charge in [-0.15, -0.1) is 5.10 Å². The molecule has 0 bridgehead atoms. The van der Waals surface area contributed by atoms with Crippen LogP contribution in [0, 0.1) is 25.2 Å². The topological polar surface area (TPSA) is 111 Å². The molecular formula is C19H27N7O2S. The second-order valence-corrected chi connectivity index (χ2v) is 9.11. The molecular weight excluding hydrogens is 390 g/mol. The molecule has 3 rings (SSSR count). The van der Waals surface area contributed by atoms with Gasteiger partial charge in [0, 0.05) is 12.3 Å². The minimum Gasteiger partial charge on any atom is -0.376 e. The van der Waals surface area contributed by atoms with Gasteiger partial charge in [0.05, 0.1) is 29.5 Å². The number of ether oxygens (including phenoxy) is 1. The number of carbonyl (C=O) groups is 1. The second-order valence-electron chi connectivity index (χ2n) is 8.17. The van der Waals surface area contributed by atoms with E-state index in [-0.39, 0.29) is 23.3 Å². The quantitative estimate of drug-likeness (QED) is 0.719. The summed E-state index contributed by atoms with van der Waals surface area (Å²) in [6, 6.07) is 2.23. The fraction of sp³-hybridized carbons (Fsp3) is 0.632. The van der Waals surface area contributed by atoms with E-state index in [9.17, 15) is 10.1 Å². The van der Waals surface area contributed by atoms with Gasteiger partial charge < -0.3 is 14.6 Å². The highest BCUT2D eigenvalue weighted by molar-refractivity contribution is 7.99. The smallest absolute Gasteiger partial charge is 0.235 e. The fourth-order valence-electron chi connectivity index (χ4n) is 3.34. The number of tetrazole rings is 1. The molecule has 1 amide bonds. The Balaban J connectivity index is 1.75. The van der Waals surface area contributed by atoms with Crippen LogP contribution in [0.25, 0.3) is 0 Å². The van der Waals surface area contributed by atoms with Gasteiger partial charge in [-0.1, -0.05) is 11.8 Å². The summed E-state index contributed by atoms with van der Waals surface area (Å²) in [7, 11) is 0. The number of rotatable bonds is 6. The SMILES string of the molecule is Cc1c(C#N)c(NC(=O)CSc2nnnn2C(C)(C)C)n(C[C@@H]2CCCO2)c1C. The van der Waals surface area contributed by atoms with Crippen molar-refractivity contribution in [3.05, 3.63) is 16.8 Å². The van der Waals surface area contributed by atoms with Crippen LogP contribution in [0.15, 0.2) is 5.16 Å². The largest absolute Gasteiger partial charge is 0.376 e. The zero-order valence-electron chi connectivity index (χ0n) is 17.5. The highest BCUT2D eigenvalue weighted by Crippen LogP contribution is 2.29. The molecule has 1 fully saturated rings. The van der Waals surface area contributed by atoms with Crippen LogP contribution in [-0.2, 0) is 21.6 Å². The van der Waals surface area contributed by atoms with E-state index in [0.717, 1.165) is 30.7 Å². The van der Waals surface area contributed by atoms with Crippen LogP contribution in [0.5, 0.6) is 0 Å². The van der Waals surface area contributed by atoms with E-state index < -0.39 is 0 Å². The van der Waals surface area contributed by atoms with Crippen molar-refractivity contribution in [2.45, 2.75) is 70.8 Å². The lowest BCUT2D eigenvalue weighted by Crippen LogP contribution is -2.25. The molecule has 3 heterocycles. The Labute approximate surface area is 174 Å². The molecule has 2 aromatic heterocycles. The van der Waals surface area contributed by atoms with Crippen LogP contribution in [-0.4, -0.2) is 49.1 Å². The van der Waals surface area contributed by atoms with Gasteiger partial charge in [0.2, 0.25) is 11.1 Å². The maximum Gasteiger partial charge on any atom is 0.235 e. The molecule has 0 spiro atoms. The van der Waals surface area contributed by atoms with Gasteiger partial charge in [-0.25, -0.2) is 4.68 Å². The molecule has 0 saturated carbocycles. The van der Waals surface area contributed by atoms with E-state index in [4.69, 9.17) is 4.74 Å². The zero-order valence-corrected chi connectivity index (χ0v) is 18.3. The van der Waals surface area contributed by atoms with Crippen LogP contribution in [0.4, 0.5) is 5.82 Å². The highest BCUT2D eigenvalue weighted by Gasteiger charge is 2.25. The number of nitriles is 1. The summed E-state index contributed by atoms with van der Waals surface area (Å²) in [5, 5.41) is 24.9. The third-order valence-electron chi connectivity index (χ3n) is 5.02. The molecule has 10 heteroatoms. The summed E-state index contributed by atoms with van der Waals surface area (Å²) in [4.78, 5) is 12.7. The van der Waals surface area contributed by atoms with Crippen LogP contribution < -0.4 is 5.32 Å². The van der Waals surface area contributed by atoms with Crippen molar-refractivity contribution in [3.63, 3.8) is 0 Å². The van der Waals surface area contributed by atoms with E-state index in [1.54, 1.807) is 4.68 Å². The number of thioether (sulfide) groups is 1. The number of nitrogens with one attached hydrogen (secondary N) is 1. The van der Waals surface area contributed by atoms with Crippen LogP contribution in [0.2, 0.25) is 0 Å². The van der Waals surface area contributed by atoms with E-state index in [1.165, 1.54) is 11.8 Å². The third kappa shape index (κ3) is 4.62. The van der Waals surface area contributed by atoms with E-state index >= 15 is 0 Å². The molecule has 1 N–H and O–H groups in total. The molecule has 0 aromatic carbocycles. The molecule has 1 atom stereocenters.